The summed E-state index contributed by atoms with van der Waals surface area (Å²) >= 11 is 0. The van der Waals surface area contributed by atoms with Crippen molar-refractivity contribution in [1.29, 1.82) is 0 Å². The van der Waals surface area contributed by atoms with Crippen LogP contribution in [0.4, 0.5) is 0 Å². The SMILES string of the molecule is CCOc1ccc(C(C)(C)C)cc1C(CN)C1CCCCN1CC. The number of nitrogens with two attached hydrogens (primary N) is 1. The predicted octanol–water partition coefficient (Wildman–Crippen LogP) is 4.30. The Morgan fingerprint density at radius 2 is 2.00 bits per heavy atom. The van der Waals surface area contributed by atoms with E-state index in [1.54, 1.807) is 0 Å². The number of likely N-dealkylation sites (N-methyl/N-ethyl adjacent to an activating group) is 1. The lowest BCUT2D eigenvalue weighted by atomic mass is 9.80. The molecule has 0 bridgehead atoms. The molecule has 0 spiro atoms. The van der Waals surface area contributed by atoms with Crippen LogP contribution >= 0.6 is 0 Å². The highest BCUT2D eigenvalue weighted by molar-refractivity contribution is 5.43. The zero-order chi connectivity index (χ0) is 17.7. The molecule has 1 aliphatic heterocycles. The van der Waals surface area contributed by atoms with Gasteiger partial charge >= 0.3 is 0 Å². The molecule has 2 unspecified atom stereocenters. The fourth-order valence-corrected chi connectivity index (χ4v) is 3.95. The zero-order valence-electron chi connectivity index (χ0n) is 16.3. The number of piperidine rings is 1. The summed E-state index contributed by atoms with van der Waals surface area (Å²) in [5, 5.41) is 0. The molecule has 0 saturated carbocycles. The predicted molar refractivity (Wildman–Crippen MR) is 103 cm³/mol. The molecule has 1 fully saturated rings. The van der Waals surface area contributed by atoms with E-state index in [1.165, 1.54) is 36.9 Å². The quantitative estimate of drug-likeness (QED) is 0.844. The third-order valence-electron chi connectivity index (χ3n) is 5.36. The van der Waals surface area contributed by atoms with Crippen molar-refractivity contribution in [2.45, 2.75) is 71.3 Å². The van der Waals surface area contributed by atoms with Crippen LogP contribution in [0.1, 0.15) is 70.9 Å². The second kappa shape index (κ2) is 8.35. The van der Waals surface area contributed by atoms with E-state index < -0.39 is 0 Å². The van der Waals surface area contributed by atoms with Crippen LogP contribution in [-0.4, -0.2) is 37.2 Å². The van der Waals surface area contributed by atoms with Crippen molar-refractivity contribution in [3.8, 4) is 5.75 Å². The molecule has 2 atom stereocenters. The molecule has 0 aromatic heterocycles. The van der Waals surface area contributed by atoms with E-state index in [9.17, 15) is 0 Å². The van der Waals surface area contributed by atoms with Crippen molar-refractivity contribution in [3.05, 3.63) is 29.3 Å². The van der Waals surface area contributed by atoms with E-state index in [0.29, 0.717) is 25.1 Å². The van der Waals surface area contributed by atoms with Crippen LogP contribution in [-0.2, 0) is 5.41 Å². The number of hydrogen-bond donors (Lipinski definition) is 1. The van der Waals surface area contributed by atoms with Gasteiger partial charge in [0.25, 0.3) is 0 Å². The zero-order valence-corrected chi connectivity index (χ0v) is 16.3. The van der Waals surface area contributed by atoms with Crippen LogP contribution in [0, 0.1) is 0 Å². The Bertz CT molecular complexity index is 521. The lowest BCUT2D eigenvalue weighted by molar-refractivity contribution is 0.132. The number of ether oxygens (including phenoxy) is 1. The highest BCUT2D eigenvalue weighted by Crippen LogP contribution is 2.37. The minimum atomic E-state index is 0.135. The average Bonchev–Trinajstić information content (AvgIpc) is 2.56. The molecule has 136 valence electrons. The summed E-state index contributed by atoms with van der Waals surface area (Å²) in [7, 11) is 0. The van der Waals surface area contributed by atoms with Gasteiger partial charge in [0.15, 0.2) is 0 Å². The van der Waals surface area contributed by atoms with Crippen LogP contribution in [0.3, 0.4) is 0 Å². The third-order valence-corrected chi connectivity index (χ3v) is 5.36. The monoisotopic (exact) mass is 332 g/mol. The maximum Gasteiger partial charge on any atom is 0.122 e. The Balaban J connectivity index is 2.44. The first kappa shape index (κ1) is 19.3. The lowest BCUT2D eigenvalue weighted by Crippen LogP contribution is -2.45. The van der Waals surface area contributed by atoms with Crippen LogP contribution < -0.4 is 10.5 Å². The average molecular weight is 333 g/mol. The van der Waals surface area contributed by atoms with Crippen molar-refractivity contribution in [2.75, 3.05) is 26.2 Å². The molecule has 1 aromatic carbocycles. The molecule has 0 amide bonds. The van der Waals surface area contributed by atoms with E-state index in [2.05, 4.69) is 57.7 Å². The minimum absolute atomic E-state index is 0.135. The molecule has 1 aromatic rings. The van der Waals surface area contributed by atoms with Crippen molar-refractivity contribution in [1.82, 2.24) is 4.90 Å². The summed E-state index contributed by atoms with van der Waals surface area (Å²) in [5.41, 5.74) is 9.09. The summed E-state index contributed by atoms with van der Waals surface area (Å²) in [6.07, 6.45) is 3.85. The Hall–Kier alpha value is -1.06. The van der Waals surface area contributed by atoms with Gasteiger partial charge in [0.2, 0.25) is 0 Å². The summed E-state index contributed by atoms with van der Waals surface area (Å²) in [5.74, 6) is 1.36. The Kier molecular flexibility index (Phi) is 6.70. The van der Waals surface area contributed by atoms with E-state index in [-0.39, 0.29) is 5.41 Å². The van der Waals surface area contributed by atoms with Gasteiger partial charge < -0.3 is 15.4 Å². The Morgan fingerprint density at radius 1 is 1.25 bits per heavy atom. The molecule has 2 N–H and O–H groups in total. The number of likely N-dealkylation sites (tertiary alicyclic amines) is 1. The third kappa shape index (κ3) is 4.31. The molecule has 2 rings (SSSR count). The summed E-state index contributed by atoms with van der Waals surface area (Å²) in [6.45, 7) is 14.8. The second-order valence-corrected chi connectivity index (χ2v) is 7.97. The van der Waals surface area contributed by atoms with E-state index in [4.69, 9.17) is 10.5 Å². The molecular weight excluding hydrogens is 296 g/mol. The molecule has 1 heterocycles. The van der Waals surface area contributed by atoms with Gasteiger partial charge in [-0.1, -0.05) is 46.2 Å². The van der Waals surface area contributed by atoms with Crippen LogP contribution in [0.2, 0.25) is 0 Å². The van der Waals surface area contributed by atoms with Gasteiger partial charge in [-0.2, -0.15) is 0 Å². The largest absolute Gasteiger partial charge is 0.494 e. The normalized spacial score (nSPS) is 20.8. The number of nitrogens with zero attached hydrogens (tertiary/aromatic N) is 1. The topological polar surface area (TPSA) is 38.5 Å². The first-order valence-electron chi connectivity index (χ1n) is 9.63. The van der Waals surface area contributed by atoms with Crippen molar-refractivity contribution in [2.24, 2.45) is 5.73 Å². The van der Waals surface area contributed by atoms with Crippen molar-refractivity contribution >= 4 is 0 Å². The first-order valence-corrected chi connectivity index (χ1v) is 9.63. The summed E-state index contributed by atoms with van der Waals surface area (Å²) < 4.78 is 5.97. The minimum Gasteiger partial charge on any atom is -0.494 e. The van der Waals surface area contributed by atoms with Crippen molar-refractivity contribution < 1.29 is 4.74 Å². The molecule has 24 heavy (non-hydrogen) atoms. The lowest BCUT2D eigenvalue weighted by Gasteiger charge is -2.40. The molecule has 0 aliphatic carbocycles. The van der Waals surface area contributed by atoms with E-state index >= 15 is 0 Å². The number of rotatable bonds is 6. The van der Waals surface area contributed by atoms with Gasteiger partial charge in [0.05, 0.1) is 6.61 Å². The van der Waals surface area contributed by atoms with Gasteiger partial charge in [-0.25, -0.2) is 0 Å². The van der Waals surface area contributed by atoms with Crippen LogP contribution in [0.15, 0.2) is 18.2 Å². The molecular formula is C21H36N2O. The maximum absolute atomic E-state index is 6.29. The van der Waals surface area contributed by atoms with Crippen molar-refractivity contribution in [3.63, 3.8) is 0 Å². The molecule has 3 heteroatoms. The highest BCUT2D eigenvalue weighted by atomic mass is 16.5. The smallest absolute Gasteiger partial charge is 0.122 e. The van der Waals surface area contributed by atoms with Crippen LogP contribution in [0.25, 0.3) is 0 Å². The first-order chi connectivity index (χ1) is 11.4. The second-order valence-electron chi connectivity index (χ2n) is 7.97. The summed E-state index contributed by atoms with van der Waals surface area (Å²) in [4.78, 5) is 2.61. The molecule has 3 nitrogen and oxygen atoms in total. The van der Waals surface area contributed by atoms with E-state index in [1.807, 2.05) is 0 Å². The fourth-order valence-electron chi connectivity index (χ4n) is 3.95. The molecule has 1 aliphatic rings. The van der Waals surface area contributed by atoms with E-state index in [0.717, 1.165) is 12.3 Å². The maximum atomic E-state index is 6.29. The Morgan fingerprint density at radius 3 is 2.58 bits per heavy atom. The Labute approximate surface area is 148 Å². The number of benzene rings is 1. The number of hydrogen-bond acceptors (Lipinski definition) is 3. The van der Waals surface area contributed by atoms with Gasteiger partial charge in [0.1, 0.15) is 5.75 Å². The molecule has 0 radical (unpaired) electrons. The van der Waals surface area contributed by atoms with Crippen LogP contribution in [0.5, 0.6) is 5.75 Å². The molecule has 1 saturated heterocycles. The van der Waals surface area contributed by atoms with Gasteiger partial charge in [-0.3, -0.25) is 0 Å². The highest BCUT2D eigenvalue weighted by Gasteiger charge is 2.31. The van der Waals surface area contributed by atoms with Gasteiger partial charge in [0, 0.05) is 24.1 Å². The fraction of sp³-hybridized carbons (Fsp3) is 0.714. The standard InChI is InChI=1S/C21H36N2O/c1-6-23-13-9-8-10-19(23)18(15-22)17-14-16(21(3,4)5)11-12-20(17)24-7-2/h11-12,14,18-19H,6-10,13,15,22H2,1-5H3. The summed E-state index contributed by atoms with van der Waals surface area (Å²) in [6, 6.07) is 7.25. The van der Waals surface area contributed by atoms with Gasteiger partial charge in [-0.15, -0.1) is 0 Å². The van der Waals surface area contributed by atoms with Gasteiger partial charge in [-0.05, 0) is 49.9 Å².